The minimum Gasteiger partial charge on any atom is -2.00 e. The van der Waals surface area contributed by atoms with Crippen LogP contribution in [0.15, 0.2) is 0 Å². The summed E-state index contributed by atoms with van der Waals surface area (Å²) in [6.07, 6.45) is 0. The SMILES string of the molecule is [Na+].[Na+].[O-2].[O-][Si]([O-])([O-])[O-].[Zr]. The Balaban J connectivity index is -0.0000000133. The molecule has 0 radical (unpaired) electrons. The first kappa shape index (κ1) is 29.7. The summed E-state index contributed by atoms with van der Waals surface area (Å²) in [7, 11) is -5.61. The number of hydrogen-bond acceptors (Lipinski definition) is 4. The molecule has 0 bridgehead atoms. The van der Waals surface area contributed by atoms with E-state index in [1.54, 1.807) is 0 Å². The summed E-state index contributed by atoms with van der Waals surface area (Å²) in [5, 5.41) is 0. The molecule has 0 rings (SSSR count). The molecular weight excluding hydrogens is 245 g/mol. The minimum absolute atomic E-state index is 0. The minimum atomic E-state index is -5.61. The molecule has 0 aromatic rings. The van der Waals surface area contributed by atoms with E-state index >= 15 is 0 Å². The zero-order valence-electron chi connectivity index (χ0n) is 5.04. The third-order valence-electron chi connectivity index (χ3n) is 0. The van der Waals surface area contributed by atoms with Crippen LogP contribution in [-0.4, -0.2) is 9.05 Å². The van der Waals surface area contributed by atoms with Crippen LogP contribution in [0.2, 0.25) is 0 Å². The van der Waals surface area contributed by atoms with Crippen molar-refractivity contribution in [2.45, 2.75) is 0 Å². The Morgan fingerprint density at radius 1 is 0.778 bits per heavy atom. The average Bonchev–Trinajstić information content (AvgIpc) is 0.722. The zero-order valence-corrected chi connectivity index (χ0v) is 12.5. The Kier molecular flexibility index (Phi) is 44.5. The van der Waals surface area contributed by atoms with Crippen LogP contribution < -0.4 is 78.3 Å². The molecule has 9 heavy (non-hydrogen) atoms. The average molecular weight is 245 g/mol. The van der Waals surface area contributed by atoms with Gasteiger partial charge in [-0.25, -0.2) is 0 Å². The first-order chi connectivity index (χ1) is 2.00. The number of hydrogen-bond donors (Lipinski definition) is 0. The van der Waals surface area contributed by atoms with Gasteiger partial charge in [-0.2, -0.15) is 0 Å². The molecule has 0 aromatic carbocycles. The molecule has 0 amide bonds. The van der Waals surface area contributed by atoms with Gasteiger partial charge in [0.25, 0.3) is 0 Å². The second-order valence-electron chi connectivity index (χ2n) is 0.500. The van der Waals surface area contributed by atoms with E-state index in [1.165, 1.54) is 0 Å². The molecule has 0 aliphatic carbocycles. The summed E-state index contributed by atoms with van der Waals surface area (Å²) >= 11 is 0. The van der Waals surface area contributed by atoms with Gasteiger partial charge < -0.3 is 33.7 Å². The van der Waals surface area contributed by atoms with E-state index in [9.17, 15) is 0 Å². The molecule has 0 aromatic heterocycles. The van der Waals surface area contributed by atoms with Gasteiger partial charge in [0.15, 0.2) is 0 Å². The molecule has 9 heteroatoms. The predicted octanol–water partition coefficient (Wildman–Crippen LogP) is -11.3. The molecule has 0 fully saturated rings. The second kappa shape index (κ2) is 13.5. The molecule has 0 N–H and O–H groups in total. The molecule has 0 aliphatic rings. The van der Waals surface area contributed by atoms with Gasteiger partial charge in [-0.15, -0.1) is 0 Å². The summed E-state index contributed by atoms with van der Waals surface area (Å²) in [5.74, 6) is 0. The van der Waals surface area contributed by atoms with Gasteiger partial charge in [0.2, 0.25) is 0 Å². The topological polar surface area (TPSA) is 121 Å². The van der Waals surface area contributed by atoms with Gasteiger partial charge in [0, 0.05) is 26.2 Å². The van der Waals surface area contributed by atoms with Crippen molar-refractivity contribution in [2.24, 2.45) is 0 Å². The maximum absolute atomic E-state index is 8.58. The van der Waals surface area contributed by atoms with Gasteiger partial charge in [-0.1, -0.05) is 0 Å². The molecule has 0 saturated heterocycles. The fourth-order valence-corrected chi connectivity index (χ4v) is 0. The predicted molar refractivity (Wildman–Crippen MR) is 6.44 cm³/mol. The smallest absolute Gasteiger partial charge is 1.00 e. The molecule has 0 spiro atoms. The molecule has 0 saturated carbocycles. The largest absolute Gasteiger partial charge is 2.00 e. The van der Waals surface area contributed by atoms with Crippen molar-refractivity contribution in [1.29, 1.82) is 0 Å². The molecule has 0 atom stereocenters. The Labute approximate surface area is 117 Å². The van der Waals surface area contributed by atoms with Crippen LogP contribution in [0.25, 0.3) is 0 Å². The maximum Gasteiger partial charge on any atom is 1.00 e. The van der Waals surface area contributed by atoms with E-state index in [2.05, 4.69) is 0 Å². The Morgan fingerprint density at radius 3 is 0.778 bits per heavy atom. The van der Waals surface area contributed by atoms with Gasteiger partial charge in [-0.3, -0.25) is 0 Å². The van der Waals surface area contributed by atoms with Crippen molar-refractivity contribution < 1.29 is 110 Å². The van der Waals surface area contributed by atoms with Gasteiger partial charge in [0.1, 0.15) is 0 Å². The van der Waals surface area contributed by atoms with E-state index in [4.69, 9.17) is 19.2 Å². The van der Waals surface area contributed by atoms with E-state index in [0.29, 0.717) is 0 Å². The van der Waals surface area contributed by atoms with Crippen LogP contribution in [0.3, 0.4) is 0 Å². The quantitative estimate of drug-likeness (QED) is 0.393. The first-order valence-corrected chi connectivity index (χ1v) is 2.45. The van der Waals surface area contributed by atoms with Crippen LogP contribution in [0.1, 0.15) is 0 Å². The maximum atomic E-state index is 8.58. The fourth-order valence-electron chi connectivity index (χ4n) is 0. The second-order valence-corrected chi connectivity index (χ2v) is 1.50. The molecule has 5 nitrogen and oxygen atoms in total. The summed E-state index contributed by atoms with van der Waals surface area (Å²) in [5.41, 5.74) is 0. The molecule has 0 heterocycles. The summed E-state index contributed by atoms with van der Waals surface area (Å²) in [6, 6.07) is 0. The third kappa shape index (κ3) is 103. The number of rotatable bonds is 0. The third-order valence-corrected chi connectivity index (χ3v) is 0. The normalized spacial score (nSPS) is 6.67. The molecule has 44 valence electrons. The molecule has 0 unspecified atom stereocenters. The monoisotopic (exact) mass is 244 g/mol. The Hall–Kier alpha value is 2.90. The summed E-state index contributed by atoms with van der Waals surface area (Å²) < 4.78 is 0. The van der Waals surface area contributed by atoms with Crippen molar-refractivity contribution in [3.8, 4) is 0 Å². The molecule has 0 aliphatic heterocycles. The van der Waals surface area contributed by atoms with Crippen LogP contribution in [-0.2, 0) is 31.7 Å². The van der Waals surface area contributed by atoms with Crippen molar-refractivity contribution in [2.75, 3.05) is 0 Å². The Bertz CT molecular complexity index is 30.4. The van der Waals surface area contributed by atoms with Gasteiger partial charge >= 0.3 is 59.1 Å². The van der Waals surface area contributed by atoms with E-state index in [1.807, 2.05) is 0 Å². The fraction of sp³-hybridized carbons (Fsp3) is 0. The molecular formula is Na2O5SiZr-4. The van der Waals surface area contributed by atoms with Gasteiger partial charge in [0.05, 0.1) is 0 Å². The van der Waals surface area contributed by atoms with Crippen LogP contribution in [0.5, 0.6) is 0 Å². The van der Waals surface area contributed by atoms with Crippen molar-refractivity contribution >= 4 is 9.05 Å². The van der Waals surface area contributed by atoms with E-state index in [-0.39, 0.29) is 90.8 Å². The van der Waals surface area contributed by atoms with Gasteiger partial charge in [-0.05, 0) is 0 Å². The first-order valence-electron chi connectivity index (χ1n) is 0.816. The Morgan fingerprint density at radius 2 is 0.778 bits per heavy atom. The van der Waals surface area contributed by atoms with Crippen LogP contribution in [0, 0.1) is 0 Å². The van der Waals surface area contributed by atoms with Crippen LogP contribution >= 0.6 is 0 Å². The van der Waals surface area contributed by atoms with Crippen molar-refractivity contribution in [3.05, 3.63) is 0 Å². The van der Waals surface area contributed by atoms with E-state index < -0.39 is 9.05 Å². The standard InChI is InChI=1S/2Na.O4Si.O.Zr/c;;1-5(2,3)4;;/q2*+1;-4;-2;. The summed E-state index contributed by atoms with van der Waals surface area (Å²) in [4.78, 5) is 34.3. The van der Waals surface area contributed by atoms with E-state index in [0.717, 1.165) is 0 Å². The van der Waals surface area contributed by atoms with Crippen molar-refractivity contribution in [1.82, 2.24) is 0 Å². The summed E-state index contributed by atoms with van der Waals surface area (Å²) in [6.45, 7) is 0. The van der Waals surface area contributed by atoms with Crippen molar-refractivity contribution in [3.63, 3.8) is 0 Å². The van der Waals surface area contributed by atoms with Crippen LogP contribution in [0.4, 0.5) is 0 Å². The zero-order chi connectivity index (χ0) is 4.50.